The molecule has 12 bridgehead atoms. The maximum atomic E-state index is 2.70. The monoisotopic (exact) mass is 474 g/mol. The third-order valence-corrected chi connectivity index (χ3v) is 19.3. The topological polar surface area (TPSA) is 0 Å². The largest absolute Gasteiger partial charge is 0.0848 e. The van der Waals surface area contributed by atoms with Crippen LogP contribution in [0.25, 0.3) is 0 Å². The van der Waals surface area contributed by atoms with Crippen LogP contribution < -0.4 is 0 Å². The van der Waals surface area contributed by atoms with Crippen molar-refractivity contribution in [2.45, 2.75) is 38.5 Å². The lowest BCUT2D eigenvalue weighted by Crippen LogP contribution is -2.63. The average molecular weight is 475 g/mol. The van der Waals surface area contributed by atoms with Crippen molar-refractivity contribution in [3.63, 3.8) is 0 Å². The van der Waals surface area contributed by atoms with E-state index >= 15 is 0 Å². The summed E-state index contributed by atoms with van der Waals surface area (Å²) in [5.41, 5.74) is 0. The highest BCUT2D eigenvalue weighted by molar-refractivity contribution is 5.33. The van der Waals surface area contributed by atoms with Crippen molar-refractivity contribution in [1.82, 2.24) is 0 Å². The predicted octanol–water partition coefficient (Wildman–Crippen LogP) is 6.65. The summed E-state index contributed by atoms with van der Waals surface area (Å²) in [4.78, 5) is 0. The molecule has 0 spiro atoms. The number of hydrogen-bond donors (Lipinski definition) is 0. The van der Waals surface area contributed by atoms with Gasteiger partial charge in [0.2, 0.25) is 0 Å². The van der Waals surface area contributed by atoms with Crippen LogP contribution in [-0.2, 0) is 0 Å². The summed E-state index contributed by atoms with van der Waals surface area (Å²) in [6, 6.07) is 0. The molecule has 0 aromatic carbocycles. The lowest BCUT2D eigenvalue weighted by molar-refractivity contribution is -0.200. The van der Waals surface area contributed by atoms with E-state index in [9.17, 15) is 0 Å². The Labute approximate surface area is 216 Å². The molecule has 12 fully saturated rings. The molecule has 12 atom stereocenters. The molecule has 12 saturated carbocycles. The first kappa shape index (κ1) is 17.9. The Hall–Kier alpha value is -0.520. The normalized spacial score (nSPS) is 83.8. The number of hydrogen-bond acceptors (Lipinski definition) is 0. The summed E-state index contributed by atoms with van der Waals surface area (Å²) in [7, 11) is 0. The zero-order valence-electron chi connectivity index (χ0n) is 21.6. The van der Waals surface area contributed by atoms with Crippen LogP contribution in [0.4, 0.5) is 0 Å². The minimum Gasteiger partial charge on any atom is -0.0848 e. The minimum atomic E-state index is 1.03. The second-order valence-electron chi connectivity index (χ2n) is 18.2. The van der Waals surface area contributed by atoms with Crippen LogP contribution >= 0.6 is 0 Å². The Morgan fingerprint density at radius 2 is 0.444 bits per heavy atom. The lowest BCUT2D eigenvalue weighted by Gasteiger charge is -2.67. The van der Waals surface area contributed by atoms with Crippen LogP contribution in [0.3, 0.4) is 0 Å². The highest BCUT2D eigenvalue weighted by Crippen LogP contribution is 2.89. The van der Waals surface area contributed by atoms with E-state index < -0.39 is 0 Å². The molecule has 0 heterocycles. The van der Waals surface area contributed by atoms with Crippen molar-refractivity contribution in [1.29, 1.82) is 0 Å². The average Bonchev–Trinajstić information content (AvgIpc) is 3.71. The molecule has 0 aromatic rings. The Morgan fingerprint density at radius 1 is 0.222 bits per heavy atom. The fourth-order valence-corrected chi connectivity index (χ4v) is 20.1. The Kier molecular flexibility index (Phi) is 2.52. The van der Waals surface area contributed by atoms with E-state index in [0.717, 1.165) is 47.3 Å². The zero-order valence-corrected chi connectivity index (χ0v) is 21.6. The second kappa shape index (κ2) is 5.05. The van der Waals surface area contributed by atoms with Gasteiger partial charge in [0, 0.05) is 0 Å². The molecule has 12 unspecified atom stereocenters. The van der Waals surface area contributed by atoms with E-state index in [1.54, 1.807) is 38.5 Å². The molecule has 14 rings (SSSR count). The van der Waals surface area contributed by atoms with Gasteiger partial charge in [-0.25, -0.2) is 0 Å². The van der Waals surface area contributed by atoms with Gasteiger partial charge in [-0.3, -0.25) is 0 Å². The van der Waals surface area contributed by atoms with E-state index in [2.05, 4.69) is 24.3 Å². The molecule has 0 aliphatic heterocycles. The van der Waals surface area contributed by atoms with Gasteiger partial charge in [-0.15, -0.1) is 0 Å². The molecular weight excluding hydrogens is 432 g/mol. The van der Waals surface area contributed by atoms with Gasteiger partial charge in [0.1, 0.15) is 0 Å². The van der Waals surface area contributed by atoms with Crippen LogP contribution in [0.2, 0.25) is 0 Å². The maximum Gasteiger partial charge on any atom is -0.0194 e. The molecule has 14 aliphatic rings. The standard InChI is InChI=1S/C36H42/c1-2-12-5-11(1)23-15-7-16(24(12)23)30-29(15)33-19-9-20(34(30)33)28-22-10-21(27(19)28)35-31-17-8-18(32(31)36(22)35)26-14-4-3-13(6-14)25(17)26/h1-4,11-36H,5-10H2. The molecule has 36 heavy (non-hydrogen) atoms. The highest BCUT2D eigenvalue weighted by Gasteiger charge is 2.84. The lowest BCUT2D eigenvalue weighted by atomic mass is 9.38. The van der Waals surface area contributed by atoms with Gasteiger partial charge in [0.15, 0.2) is 0 Å². The summed E-state index contributed by atoms with van der Waals surface area (Å²) in [5, 5.41) is 0. The fraction of sp³-hybridized carbons (Fsp3) is 0.889. The summed E-state index contributed by atoms with van der Waals surface area (Å²) < 4.78 is 0. The van der Waals surface area contributed by atoms with E-state index in [1.165, 1.54) is 107 Å². The van der Waals surface area contributed by atoms with E-state index in [4.69, 9.17) is 0 Å². The molecule has 186 valence electrons. The number of allylic oxidation sites excluding steroid dienone is 4. The predicted molar refractivity (Wildman–Crippen MR) is 137 cm³/mol. The van der Waals surface area contributed by atoms with Crippen molar-refractivity contribution in [2.75, 3.05) is 0 Å². The van der Waals surface area contributed by atoms with Crippen LogP contribution in [0, 0.1) is 154 Å². The van der Waals surface area contributed by atoms with Gasteiger partial charge in [-0.2, -0.15) is 0 Å². The van der Waals surface area contributed by atoms with Gasteiger partial charge < -0.3 is 0 Å². The Bertz CT molecular complexity index is 1050. The smallest absolute Gasteiger partial charge is 0.0194 e. The van der Waals surface area contributed by atoms with Crippen molar-refractivity contribution >= 4 is 0 Å². The van der Waals surface area contributed by atoms with Crippen LogP contribution in [0.1, 0.15) is 38.5 Å². The maximum absolute atomic E-state index is 2.70. The van der Waals surface area contributed by atoms with Crippen molar-refractivity contribution < 1.29 is 0 Å². The number of fused-ring (bicyclic) bond motifs is 43. The van der Waals surface area contributed by atoms with E-state index in [1.807, 2.05) is 0 Å². The van der Waals surface area contributed by atoms with Gasteiger partial charge in [0.05, 0.1) is 0 Å². The van der Waals surface area contributed by atoms with Gasteiger partial charge in [-0.05, 0) is 192 Å². The van der Waals surface area contributed by atoms with E-state index in [0.29, 0.717) is 0 Å². The van der Waals surface area contributed by atoms with Crippen molar-refractivity contribution in [3.05, 3.63) is 24.3 Å². The van der Waals surface area contributed by atoms with Crippen LogP contribution in [0.5, 0.6) is 0 Å². The SMILES string of the molecule is C1=CC2CC1C1C3CC(C21)C1C3C2C3CC(C4C5CC(C34)C3C4C6CC(C7C8C=CC(C8)C67)C4C53)C12. The Morgan fingerprint density at radius 3 is 0.694 bits per heavy atom. The van der Waals surface area contributed by atoms with Crippen LogP contribution in [0.15, 0.2) is 24.3 Å². The molecule has 0 radical (unpaired) electrons. The molecule has 0 amide bonds. The highest BCUT2D eigenvalue weighted by atomic mass is 14.9. The van der Waals surface area contributed by atoms with E-state index in [-0.39, 0.29) is 0 Å². The second-order valence-corrected chi connectivity index (χ2v) is 18.2. The van der Waals surface area contributed by atoms with Crippen LogP contribution in [-0.4, -0.2) is 0 Å². The fourth-order valence-electron chi connectivity index (χ4n) is 20.1. The Balaban J connectivity index is 0.835. The third-order valence-electron chi connectivity index (χ3n) is 19.3. The summed E-state index contributed by atoms with van der Waals surface area (Å²) in [6.45, 7) is 0. The molecular formula is C36H42. The van der Waals surface area contributed by atoms with Gasteiger partial charge >= 0.3 is 0 Å². The molecule has 0 nitrogen and oxygen atoms in total. The van der Waals surface area contributed by atoms with Gasteiger partial charge in [-0.1, -0.05) is 24.3 Å². The van der Waals surface area contributed by atoms with Crippen molar-refractivity contribution in [2.24, 2.45) is 154 Å². The van der Waals surface area contributed by atoms with Gasteiger partial charge in [0.25, 0.3) is 0 Å². The quantitative estimate of drug-likeness (QED) is 0.272. The summed E-state index contributed by atoms with van der Waals surface area (Å²) in [5.74, 6) is 30.8. The first-order chi connectivity index (χ1) is 17.9. The first-order valence-electron chi connectivity index (χ1n) is 17.2. The zero-order chi connectivity index (χ0) is 22.1. The molecule has 0 saturated heterocycles. The molecule has 0 heteroatoms. The molecule has 0 aromatic heterocycles. The molecule has 0 N–H and O–H groups in total. The third kappa shape index (κ3) is 1.42. The van der Waals surface area contributed by atoms with Crippen molar-refractivity contribution in [3.8, 4) is 0 Å². The summed E-state index contributed by atoms with van der Waals surface area (Å²) in [6.07, 6.45) is 20.8. The minimum absolute atomic E-state index is 1.03. The summed E-state index contributed by atoms with van der Waals surface area (Å²) >= 11 is 0. The first-order valence-corrected chi connectivity index (χ1v) is 17.2. The number of rotatable bonds is 0. The molecule has 14 aliphatic carbocycles.